The number of rotatable bonds is 4. The Kier molecular flexibility index (Phi) is 5.59. The molecular weight excluding hydrogens is 588 g/mol. The lowest BCUT2D eigenvalue weighted by Gasteiger charge is -2.27. The van der Waals surface area contributed by atoms with Gasteiger partial charge in [-0.25, -0.2) is 4.98 Å². The molecule has 0 spiro atoms. The number of oxazole rings is 1. The van der Waals surface area contributed by atoms with Crippen molar-refractivity contribution in [3.8, 4) is 22.6 Å². The molecule has 1 aliphatic carbocycles. The molecule has 9 aromatic rings. The average molecular weight is 619 g/mol. The molecule has 4 nitrogen and oxygen atoms in total. The Morgan fingerprint density at radius 2 is 1.23 bits per heavy atom. The highest BCUT2D eigenvalue weighted by Gasteiger charge is 2.38. The number of furan rings is 1. The average Bonchev–Trinajstić information content (AvgIpc) is 3.80. The molecule has 2 aromatic heterocycles. The first-order chi connectivity index (χ1) is 23.5. The number of aromatic nitrogens is 1. The van der Waals surface area contributed by atoms with Gasteiger partial charge in [0.15, 0.2) is 5.58 Å². The number of hydrogen-bond acceptors (Lipinski definition) is 4. The van der Waals surface area contributed by atoms with Crippen molar-refractivity contribution in [1.29, 1.82) is 0 Å². The van der Waals surface area contributed by atoms with E-state index in [4.69, 9.17) is 13.8 Å². The SMILES string of the molecule is CC1(C)c2ccc(N(c3ccccc3)c3ccc4oc5ccccc5c4c3)cc2-c2ccc3c(ccc4nc(-c5ccccc5)oc43)c21. The highest BCUT2D eigenvalue weighted by Crippen LogP contribution is 2.53. The van der Waals surface area contributed by atoms with E-state index >= 15 is 0 Å². The summed E-state index contributed by atoms with van der Waals surface area (Å²) in [4.78, 5) is 7.19. The van der Waals surface area contributed by atoms with Crippen molar-refractivity contribution in [3.63, 3.8) is 0 Å². The van der Waals surface area contributed by atoms with Crippen molar-refractivity contribution in [2.24, 2.45) is 0 Å². The number of benzene rings is 7. The molecule has 1 aliphatic rings. The minimum atomic E-state index is -0.204. The summed E-state index contributed by atoms with van der Waals surface area (Å²) in [6, 6.07) is 51.2. The molecule has 0 aliphatic heterocycles. The third-order valence-electron chi connectivity index (χ3n) is 10.1. The van der Waals surface area contributed by atoms with E-state index in [1.165, 1.54) is 27.6 Å². The fourth-order valence-electron chi connectivity index (χ4n) is 7.84. The molecule has 0 saturated heterocycles. The van der Waals surface area contributed by atoms with Crippen LogP contribution in [0.3, 0.4) is 0 Å². The lowest BCUT2D eigenvalue weighted by Crippen LogP contribution is -2.16. The number of para-hydroxylation sites is 2. The Hall–Kier alpha value is -6.13. The van der Waals surface area contributed by atoms with E-state index in [0.717, 1.165) is 61.1 Å². The van der Waals surface area contributed by atoms with Gasteiger partial charge in [-0.15, -0.1) is 0 Å². The Balaban J connectivity index is 1.15. The third-order valence-corrected chi connectivity index (χ3v) is 10.1. The molecule has 0 saturated carbocycles. The van der Waals surface area contributed by atoms with Crippen LogP contribution in [0, 0.1) is 0 Å². The minimum Gasteiger partial charge on any atom is -0.456 e. The van der Waals surface area contributed by atoms with Crippen molar-refractivity contribution in [2.45, 2.75) is 19.3 Å². The van der Waals surface area contributed by atoms with Gasteiger partial charge in [0.2, 0.25) is 5.89 Å². The Labute approximate surface area is 277 Å². The molecule has 7 aromatic carbocycles. The van der Waals surface area contributed by atoms with Crippen molar-refractivity contribution in [2.75, 3.05) is 4.90 Å². The first-order valence-corrected chi connectivity index (χ1v) is 16.4. The second kappa shape index (κ2) is 9.93. The molecule has 0 amide bonds. The van der Waals surface area contributed by atoms with E-state index < -0.39 is 0 Å². The van der Waals surface area contributed by atoms with Crippen LogP contribution in [-0.2, 0) is 5.41 Å². The summed E-state index contributed by atoms with van der Waals surface area (Å²) in [6.07, 6.45) is 0. The van der Waals surface area contributed by atoms with E-state index in [1.54, 1.807) is 0 Å². The zero-order valence-electron chi connectivity index (χ0n) is 26.6. The minimum absolute atomic E-state index is 0.204. The summed E-state index contributed by atoms with van der Waals surface area (Å²) in [5.41, 5.74) is 12.7. The van der Waals surface area contributed by atoms with Crippen LogP contribution in [0.5, 0.6) is 0 Å². The summed E-state index contributed by atoms with van der Waals surface area (Å²) >= 11 is 0. The van der Waals surface area contributed by atoms with Gasteiger partial charge < -0.3 is 13.7 Å². The quantitative estimate of drug-likeness (QED) is 0.197. The Bertz CT molecular complexity index is 2700. The Morgan fingerprint density at radius 3 is 2.08 bits per heavy atom. The first kappa shape index (κ1) is 27.0. The van der Waals surface area contributed by atoms with Gasteiger partial charge in [-0.3, -0.25) is 0 Å². The van der Waals surface area contributed by atoms with Crippen LogP contribution in [0.15, 0.2) is 154 Å². The molecule has 0 unspecified atom stereocenters. The standard InChI is InChI=1S/C44H30N2O2/c1-44(2)37-22-17-29(46(28-13-7-4-8-14-28)30-18-24-40-36(26-30)31-15-9-10-16-39(31)47-40)25-35(37)33-19-20-34-32(41(33)44)21-23-38-42(34)48-43(45-38)27-11-5-3-6-12-27/h3-26H,1-2H3. The molecule has 2 heterocycles. The predicted octanol–water partition coefficient (Wildman–Crippen LogP) is 12.3. The lowest BCUT2D eigenvalue weighted by molar-refractivity contribution is 0.623. The maximum Gasteiger partial charge on any atom is 0.227 e. The number of anilines is 3. The van der Waals surface area contributed by atoms with E-state index in [2.05, 4.69) is 122 Å². The molecule has 4 heteroatoms. The zero-order chi connectivity index (χ0) is 32.0. The zero-order valence-corrected chi connectivity index (χ0v) is 26.6. The second-order valence-electron chi connectivity index (χ2n) is 13.2. The van der Waals surface area contributed by atoms with Gasteiger partial charge in [0.25, 0.3) is 0 Å². The van der Waals surface area contributed by atoms with Gasteiger partial charge in [-0.2, -0.15) is 0 Å². The number of nitrogens with zero attached hydrogens (tertiary/aromatic N) is 2. The largest absolute Gasteiger partial charge is 0.456 e. The topological polar surface area (TPSA) is 42.4 Å². The summed E-state index contributed by atoms with van der Waals surface area (Å²) in [6.45, 7) is 4.67. The van der Waals surface area contributed by atoms with Gasteiger partial charge in [0.05, 0.1) is 0 Å². The van der Waals surface area contributed by atoms with Crippen molar-refractivity contribution in [1.82, 2.24) is 4.98 Å². The predicted molar refractivity (Wildman–Crippen MR) is 196 cm³/mol. The lowest BCUT2D eigenvalue weighted by atomic mass is 9.80. The smallest absolute Gasteiger partial charge is 0.227 e. The van der Waals surface area contributed by atoms with Crippen LogP contribution in [0.4, 0.5) is 17.1 Å². The normalized spacial score (nSPS) is 13.4. The number of hydrogen-bond donors (Lipinski definition) is 0. The molecule has 0 fully saturated rings. The van der Waals surface area contributed by atoms with Crippen LogP contribution < -0.4 is 4.90 Å². The van der Waals surface area contributed by atoms with Crippen LogP contribution >= 0.6 is 0 Å². The number of fused-ring (bicyclic) bond motifs is 10. The summed E-state index contributed by atoms with van der Waals surface area (Å²) < 4.78 is 12.6. The van der Waals surface area contributed by atoms with Crippen LogP contribution in [0.1, 0.15) is 25.0 Å². The summed E-state index contributed by atoms with van der Waals surface area (Å²) in [7, 11) is 0. The summed E-state index contributed by atoms with van der Waals surface area (Å²) in [5, 5.41) is 4.53. The maximum absolute atomic E-state index is 6.45. The molecule has 10 rings (SSSR count). The maximum atomic E-state index is 6.45. The molecule has 0 radical (unpaired) electrons. The molecule has 48 heavy (non-hydrogen) atoms. The highest BCUT2D eigenvalue weighted by molar-refractivity contribution is 6.09. The van der Waals surface area contributed by atoms with Crippen LogP contribution in [-0.4, -0.2) is 4.98 Å². The van der Waals surface area contributed by atoms with Crippen LogP contribution in [0.2, 0.25) is 0 Å². The summed E-state index contributed by atoms with van der Waals surface area (Å²) in [5.74, 6) is 0.647. The molecule has 228 valence electrons. The fourth-order valence-corrected chi connectivity index (χ4v) is 7.84. The van der Waals surface area contributed by atoms with E-state index in [-0.39, 0.29) is 5.41 Å². The van der Waals surface area contributed by atoms with Crippen molar-refractivity contribution < 1.29 is 8.83 Å². The van der Waals surface area contributed by atoms with E-state index in [9.17, 15) is 0 Å². The third kappa shape index (κ3) is 3.86. The van der Waals surface area contributed by atoms with Crippen molar-refractivity contribution in [3.05, 3.63) is 157 Å². The van der Waals surface area contributed by atoms with Crippen LogP contribution in [0.25, 0.3) is 66.4 Å². The second-order valence-corrected chi connectivity index (χ2v) is 13.2. The highest BCUT2D eigenvalue weighted by atomic mass is 16.3. The Morgan fingerprint density at radius 1 is 0.521 bits per heavy atom. The molecule has 0 atom stereocenters. The molecular formula is C44H30N2O2. The van der Waals surface area contributed by atoms with Gasteiger partial charge in [-0.05, 0) is 100 Å². The van der Waals surface area contributed by atoms with Gasteiger partial charge >= 0.3 is 0 Å². The fraction of sp³-hybridized carbons (Fsp3) is 0.0682. The van der Waals surface area contributed by atoms with Gasteiger partial charge in [0, 0.05) is 44.2 Å². The van der Waals surface area contributed by atoms with Gasteiger partial charge in [-0.1, -0.05) is 86.6 Å². The van der Waals surface area contributed by atoms with Crippen molar-refractivity contribution >= 4 is 60.9 Å². The van der Waals surface area contributed by atoms with E-state index in [1.807, 2.05) is 42.5 Å². The van der Waals surface area contributed by atoms with Gasteiger partial charge in [0.1, 0.15) is 16.7 Å². The molecule has 0 bridgehead atoms. The first-order valence-electron chi connectivity index (χ1n) is 16.4. The molecule has 0 N–H and O–H groups in total. The monoisotopic (exact) mass is 618 g/mol. The van der Waals surface area contributed by atoms with E-state index in [0.29, 0.717) is 5.89 Å².